The molecule has 0 radical (unpaired) electrons. The number of piperidine rings is 1. The molecular formula is C18H22BrNO4. The van der Waals surface area contributed by atoms with Crippen molar-refractivity contribution in [2.24, 2.45) is 5.92 Å². The topological polar surface area (TPSA) is 78.8 Å². The van der Waals surface area contributed by atoms with Gasteiger partial charge in [-0.2, -0.15) is 0 Å². The van der Waals surface area contributed by atoms with Crippen LogP contribution < -0.4 is 5.32 Å². The second-order valence-corrected chi connectivity index (χ2v) is 8.11. The van der Waals surface area contributed by atoms with Gasteiger partial charge in [0.15, 0.2) is 5.78 Å². The van der Waals surface area contributed by atoms with Crippen LogP contribution >= 0.6 is 15.9 Å². The highest BCUT2D eigenvalue weighted by Crippen LogP contribution is 2.57. The Morgan fingerprint density at radius 3 is 3.00 bits per heavy atom. The number of ether oxygens (including phenoxy) is 1. The van der Waals surface area contributed by atoms with Crippen LogP contribution in [0.25, 0.3) is 0 Å². The first-order valence-electron chi connectivity index (χ1n) is 8.45. The van der Waals surface area contributed by atoms with E-state index in [0.29, 0.717) is 18.4 Å². The average molecular weight is 396 g/mol. The maximum Gasteiger partial charge on any atom is 0.162 e. The second-order valence-electron chi connectivity index (χ2n) is 7.26. The monoisotopic (exact) mass is 395 g/mol. The number of carbonyl (C=O) groups excluding carboxylic acids is 1. The number of benzene rings is 1. The van der Waals surface area contributed by atoms with E-state index in [0.717, 1.165) is 35.0 Å². The average Bonchev–Trinajstić information content (AvgIpc) is 2.56. The van der Waals surface area contributed by atoms with Crippen molar-refractivity contribution in [1.29, 1.82) is 0 Å². The van der Waals surface area contributed by atoms with Gasteiger partial charge in [-0.3, -0.25) is 4.79 Å². The minimum atomic E-state index is -0.354. The second kappa shape index (κ2) is 5.80. The Kier molecular flexibility index (Phi) is 3.99. The molecule has 1 aromatic carbocycles. The molecule has 1 aromatic rings. The Bertz CT molecular complexity index is 707. The van der Waals surface area contributed by atoms with Gasteiger partial charge >= 0.3 is 0 Å². The van der Waals surface area contributed by atoms with Crippen LogP contribution in [0.1, 0.15) is 36.0 Å². The highest BCUT2D eigenvalue weighted by molar-refractivity contribution is 9.10. The standard InChI is InChI=1S/C18H22BrNO4/c1-24-15-6-11-13-5-10-12(19)4-9(8-21)17(23)16(10)18(11,2-3-20-13)7-14(15)22/h4,11,13,15,20-21,23H,2-3,5-8H2,1H3. The lowest BCUT2D eigenvalue weighted by molar-refractivity contribution is -0.138. The summed E-state index contributed by atoms with van der Waals surface area (Å²) < 4.78 is 6.32. The molecular weight excluding hydrogens is 374 g/mol. The molecule has 1 heterocycles. The van der Waals surface area contributed by atoms with Crippen LogP contribution in [0.15, 0.2) is 10.5 Å². The molecule has 130 valence electrons. The first-order chi connectivity index (χ1) is 11.5. The molecule has 3 N–H and O–H groups in total. The zero-order valence-electron chi connectivity index (χ0n) is 13.6. The number of halogens is 1. The molecule has 2 bridgehead atoms. The van der Waals surface area contributed by atoms with Gasteiger partial charge in [-0.05, 0) is 43.4 Å². The maximum atomic E-state index is 12.6. The van der Waals surface area contributed by atoms with Crippen molar-refractivity contribution >= 4 is 21.7 Å². The van der Waals surface area contributed by atoms with Crippen molar-refractivity contribution in [3.8, 4) is 5.75 Å². The number of hydrogen-bond donors (Lipinski definition) is 3. The van der Waals surface area contributed by atoms with Crippen LogP contribution in [0, 0.1) is 5.92 Å². The molecule has 1 saturated carbocycles. The summed E-state index contributed by atoms with van der Waals surface area (Å²) in [7, 11) is 1.60. The van der Waals surface area contributed by atoms with Crippen molar-refractivity contribution in [1.82, 2.24) is 5.32 Å². The SMILES string of the molecule is COC1CC2C3Cc4c(Br)cc(CO)c(O)c4C2(CCN3)CC1=O. The van der Waals surface area contributed by atoms with Crippen molar-refractivity contribution in [3.05, 3.63) is 27.2 Å². The summed E-state index contributed by atoms with van der Waals surface area (Å²) in [6, 6.07) is 2.08. The van der Waals surface area contributed by atoms with E-state index in [1.165, 1.54) is 0 Å². The fourth-order valence-electron chi connectivity index (χ4n) is 5.24. The van der Waals surface area contributed by atoms with Gasteiger partial charge in [0.1, 0.15) is 11.9 Å². The minimum Gasteiger partial charge on any atom is -0.507 e. The van der Waals surface area contributed by atoms with Crippen molar-refractivity contribution in [2.45, 2.75) is 49.9 Å². The third-order valence-electron chi connectivity index (χ3n) is 6.30. The molecule has 2 aliphatic carbocycles. The zero-order chi connectivity index (χ0) is 17.1. The Balaban J connectivity index is 1.94. The molecule has 0 spiro atoms. The lowest BCUT2D eigenvalue weighted by Crippen LogP contribution is -2.63. The van der Waals surface area contributed by atoms with Crippen LogP contribution in [-0.2, 0) is 28.0 Å². The zero-order valence-corrected chi connectivity index (χ0v) is 15.2. The predicted octanol–water partition coefficient (Wildman–Crippen LogP) is 1.80. The number of phenols is 1. The smallest absolute Gasteiger partial charge is 0.162 e. The summed E-state index contributed by atoms with van der Waals surface area (Å²) in [5, 5.41) is 24.1. The van der Waals surface area contributed by atoms with Gasteiger partial charge in [-0.1, -0.05) is 15.9 Å². The highest BCUT2D eigenvalue weighted by atomic mass is 79.9. The third-order valence-corrected chi connectivity index (χ3v) is 7.01. The molecule has 6 heteroatoms. The molecule has 1 saturated heterocycles. The van der Waals surface area contributed by atoms with Crippen LogP contribution in [-0.4, -0.2) is 41.8 Å². The molecule has 5 nitrogen and oxygen atoms in total. The molecule has 24 heavy (non-hydrogen) atoms. The van der Waals surface area contributed by atoms with Gasteiger partial charge in [-0.25, -0.2) is 0 Å². The van der Waals surface area contributed by atoms with Gasteiger partial charge in [0.2, 0.25) is 0 Å². The number of rotatable bonds is 2. The Morgan fingerprint density at radius 1 is 1.50 bits per heavy atom. The number of aliphatic hydroxyl groups excluding tert-OH is 1. The normalized spacial score (nSPS) is 34.6. The van der Waals surface area contributed by atoms with E-state index in [-0.39, 0.29) is 41.6 Å². The van der Waals surface area contributed by atoms with Gasteiger partial charge in [0.05, 0.1) is 6.61 Å². The molecule has 4 unspecified atom stereocenters. The van der Waals surface area contributed by atoms with Crippen molar-refractivity contribution in [2.75, 3.05) is 13.7 Å². The van der Waals surface area contributed by atoms with E-state index in [1.807, 2.05) is 0 Å². The number of methoxy groups -OCH3 is 1. The number of ketones is 1. The fraction of sp³-hybridized carbons (Fsp3) is 0.611. The van der Waals surface area contributed by atoms with Gasteiger partial charge in [-0.15, -0.1) is 0 Å². The van der Waals surface area contributed by atoms with E-state index >= 15 is 0 Å². The lowest BCUT2D eigenvalue weighted by atomic mass is 9.51. The summed E-state index contributed by atoms with van der Waals surface area (Å²) >= 11 is 3.61. The van der Waals surface area contributed by atoms with Crippen LogP contribution in [0.4, 0.5) is 0 Å². The molecule has 4 rings (SSSR count). The summed E-state index contributed by atoms with van der Waals surface area (Å²) in [5.41, 5.74) is 2.12. The number of aliphatic hydroxyl groups is 1. The van der Waals surface area contributed by atoms with E-state index < -0.39 is 0 Å². The molecule has 1 aliphatic heterocycles. The molecule has 4 atom stereocenters. The fourth-order valence-corrected chi connectivity index (χ4v) is 5.87. The first-order valence-corrected chi connectivity index (χ1v) is 9.24. The molecule has 0 amide bonds. The minimum absolute atomic E-state index is 0.118. The van der Waals surface area contributed by atoms with Gasteiger partial charge in [0.25, 0.3) is 0 Å². The predicted molar refractivity (Wildman–Crippen MR) is 92.0 cm³/mol. The highest BCUT2D eigenvalue weighted by Gasteiger charge is 2.57. The molecule has 0 aromatic heterocycles. The third kappa shape index (κ3) is 2.13. The Labute approximate surface area is 149 Å². The summed E-state index contributed by atoms with van der Waals surface area (Å²) in [6.07, 6.45) is 2.37. The Hall–Kier alpha value is -0.950. The van der Waals surface area contributed by atoms with Gasteiger partial charge < -0.3 is 20.3 Å². The van der Waals surface area contributed by atoms with E-state index in [9.17, 15) is 15.0 Å². The largest absolute Gasteiger partial charge is 0.507 e. The van der Waals surface area contributed by atoms with E-state index in [1.54, 1.807) is 13.2 Å². The van der Waals surface area contributed by atoms with Crippen LogP contribution in [0.2, 0.25) is 0 Å². The number of Topliss-reactive ketones (excluding diaryl/α,β-unsaturated/α-hetero) is 1. The van der Waals surface area contributed by atoms with Crippen LogP contribution in [0.3, 0.4) is 0 Å². The van der Waals surface area contributed by atoms with Crippen LogP contribution in [0.5, 0.6) is 5.75 Å². The lowest BCUT2D eigenvalue weighted by Gasteiger charge is -2.56. The van der Waals surface area contributed by atoms with Crippen molar-refractivity contribution < 1.29 is 19.7 Å². The van der Waals surface area contributed by atoms with E-state index in [4.69, 9.17) is 4.74 Å². The Morgan fingerprint density at radius 2 is 2.29 bits per heavy atom. The number of hydrogen-bond acceptors (Lipinski definition) is 5. The quantitative estimate of drug-likeness (QED) is 0.711. The van der Waals surface area contributed by atoms with Gasteiger partial charge in [0, 0.05) is 40.6 Å². The summed E-state index contributed by atoms with van der Waals surface area (Å²) in [6.45, 7) is 0.626. The molecule has 3 aliphatic rings. The first kappa shape index (κ1) is 16.5. The maximum absolute atomic E-state index is 12.6. The summed E-state index contributed by atoms with van der Waals surface area (Å²) in [5.74, 6) is 0.546. The number of fused-ring (bicyclic) bond motifs is 1. The van der Waals surface area contributed by atoms with E-state index in [2.05, 4.69) is 21.2 Å². The molecule has 2 fully saturated rings. The summed E-state index contributed by atoms with van der Waals surface area (Å²) in [4.78, 5) is 12.6. The number of nitrogens with one attached hydrogen (secondary N) is 1. The van der Waals surface area contributed by atoms with Crippen molar-refractivity contribution in [3.63, 3.8) is 0 Å². The number of carbonyl (C=O) groups is 1. The number of aromatic hydroxyl groups is 1.